The van der Waals surface area contributed by atoms with Crippen LogP contribution < -0.4 is 10.2 Å². The van der Waals surface area contributed by atoms with E-state index in [4.69, 9.17) is 4.74 Å². The summed E-state index contributed by atoms with van der Waals surface area (Å²) in [5, 5.41) is 14.9. The first-order valence-electron chi connectivity index (χ1n) is 8.66. The van der Waals surface area contributed by atoms with Gasteiger partial charge in [-0.05, 0) is 35.4 Å². The number of benzene rings is 2. The number of aromatic nitrogens is 2. The van der Waals surface area contributed by atoms with Crippen LogP contribution in [0.2, 0.25) is 0 Å². The van der Waals surface area contributed by atoms with Crippen molar-refractivity contribution in [2.75, 3.05) is 12.5 Å². The first-order chi connectivity index (χ1) is 13.7. The summed E-state index contributed by atoms with van der Waals surface area (Å²) in [6, 6.07) is 17.5. The minimum atomic E-state index is 0.0920. The van der Waals surface area contributed by atoms with Crippen LogP contribution >= 0.6 is 11.3 Å². The van der Waals surface area contributed by atoms with E-state index in [1.54, 1.807) is 35.8 Å². The Morgan fingerprint density at radius 1 is 1.14 bits per heavy atom. The number of ether oxygens (including phenoxy) is 1. The van der Waals surface area contributed by atoms with E-state index in [2.05, 4.69) is 38.7 Å². The molecule has 0 spiro atoms. The third-order valence-electron chi connectivity index (χ3n) is 4.19. The molecule has 0 radical (unpaired) electrons. The van der Waals surface area contributed by atoms with Gasteiger partial charge in [-0.3, -0.25) is 5.43 Å². The number of phenolic OH excluding ortho intramolecular Hbond substituents is 1. The topological polar surface area (TPSA) is 79.6 Å². The molecule has 4 aromatic rings. The maximum Gasteiger partial charge on any atom is 0.161 e. The fraction of sp³-hybridized carbons (Fsp3) is 0.0952. The lowest BCUT2D eigenvalue weighted by atomic mass is 10.1. The number of nitrogens with zero attached hydrogens (tertiary/aromatic N) is 3. The van der Waals surface area contributed by atoms with E-state index < -0.39 is 0 Å². The molecule has 2 N–H and O–H groups in total. The van der Waals surface area contributed by atoms with Crippen LogP contribution in [-0.2, 0) is 6.42 Å². The lowest BCUT2D eigenvalue weighted by molar-refractivity contribution is 0.373. The van der Waals surface area contributed by atoms with Crippen molar-refractivity contribution >= 4 is 33.6 Å². The van der Waals surface area contributed by atoms with E-state index in [1.165, 1.54) is 23.9 Å². The lowest BCUT2D eigenvalue weighted by Gasteiger charge is -2.03. The van der Waals surface area contributed by atoms with Crippen LogP contribution in [0.3, 0.4) is 0 Å². The fourth-order valence-corrected chi connectivity index (χ4v) is 3.85. The molecule has 0 aliphatic heterocycles. The number of thiophene rings is 1. The van der Waals surface area contributed by atoms with E-state index in [1.807, 2.05) is 18.2 Å². The summed E-state index contributed by atoms with van der Waals surface area (Å²) in [4.78, 5) is 10.8. The highest BCUT2D eigenvalue weighted by molar-refractivity contribution is 7.18. The number of nitrogens with one attached hydrogen (secondary N) is 1. The van der Waals surface area contributed by atoms with Crippen molar-refractivity contribution in [1.82, 2.24) is 9.97 Å². The Balaban J connectivity index is 1.54. The molecule has 0 unspecified atom stereocenters. The summed E-state index contributed by atoms with van der Waals surface area (Å²) in [7, 11) is 1.51. The number of hydrazone groups is 1. The van der Waals surface area contributed by atoms with Gasteiger partial charge in [-0.25, -0.2) is 9.97 Å². The van der Waals surface area contributed by atoms with Gasteiger partial charge < -0.3 is 9.84 Å². The van der Waals surface area contributed by atoms with Crippen molar-refractivity contribution in [3.8, 4) is 11.5 Å². The summed E-state index contributed by atoms with van der Waals surface area (Å²) < 4.78 is 5.11. The summed E-state index contributed by atoms with van der Waals surface area (Å²) in [5.41, 5.74) is 5.04. The first kappa shape index (κ1) is 17.9. The zero-order valence-electron chi connectivity index (χ0n) is 15.2. The Morgan fingerprint density at radius 2 is 2.00 bits per heavy atom. The molecule has 7 heteroatoms. The summed E-state index contributed by atoms with van der Waals surface area (Å²) >= 11 is 1.66. The molecule has 2 heterocycles. The molecule has 6 nitrogen and oxygen atoms in total. The van der Waals surface area contributed by atoms with Gasteiger partial charge in [0.05, 0.1) is 18.7 Å². The van der Waals surface area contributed by atoms with Gasteiger partial charge in [0, 0.05) is 11.3 Å². The van der Waals surface area contributed by atoms with Crippen LogP contribution in [0, 0.1) is 0 Å². The van der Waals surface area contributed by atoms with Crippen molar-refractivity contribution in [3.05, 3.63) is 76.9 Å². The Hall–Kier alpha value is -3.45. The van der Waals surface area contributed by atoms with Crippen LogP contribution in [0.4, 0.5) is 5.82 Å². The van der Waals surface area contributed by atoms with E-state index >= 15 is 0 Å². The second-order valence-corrected chi connectivity index (χ2v) is 7.23. The van der Waals surface area contributed by atoms with Crippen LogP contribution in [-0.4, -0.2) is 28.4 Å². The number of methoxy groups -OCH3 is 1. The molecule has 2 aromatic carbocycles. The standard InChI is InChI=1S/C21H18N4O2S/c1-27-19-10-15(7-8-18(19)26)12-24-25-20-17-11-16(28-21(17)23-13-22-20)9-14-5-3-2-4-6-14/h2-8,10-13,26H,9H2,1H3,(H,22,23,25). The predicted molar refractivity (Wildman–Crippen MR) is 113 cm³/mol. The molecule has 0 bridgehead atoms. The second-order valence-electron chi connectivity index (χ2n) is 6.12. The second kappa shape index (κ2) is 8.06. The van der Waals surface area contributed by atoms with Crippen molar-refractivity contribution in [1.29, 1.82) is 0 Å². The molecule has 0 fully saturated rings. The van der Waals surface area contributed by atoms with Gasteiger partial charge in [0.25, 0.3) is 0 Å². The molecule has 0 amide bonds. The number of hydrogen-bond donors (Lipinski definition) is 2. The number of rotatable bonds is 6. The lowest BCUT2D eigenvalue weighted by Crippen LogP contribution is -1.95. The maximum absolute atomic E-state index is 9.66. The number of anilines is 1. The molecule has 140 valence electrons. The molecule has 0 saturated carbocycles. The van der Waals surface area contributed by atoms with Gasteiger partial charge in [-0.2, -0.15) is 5.10 Å². The molecule has 28 heavy (non-hydrogen) atoms. The normalized spacial score (nSPS) is 11.2. The molecular weight excluding hydrogens is 372 g/mol. The van der Waals surface area contributed by atoms with Crippen LogP contribution in [0.5, 0.6) is 11.5 Å². The van der Waals surface area contributed by atoms with Crippen molar-refractivity contribution in [2.45, 2.75) is 6.42 Å². The number of hydrogen-bond acceptors (Lipinski definition) is 7. The minimum Gasteiger partial charge on any atom is -0.504 e. The van der Waals surface area contributed by atoms with Crippen molar-refractivity contribution in [3.63, 3.8) is 0 Å². The SMILES string of the molecule is COc1cc(C=NNc2ncnc3sc(Cc4ccccc4)cc23)ccc1O. The fourth-order valence-electron chi connectivity index (χ4n) is 2.82. The highest BCUT2D eigenvalue weighted by Gasteiger charge is 2.09. The number of phenols is 1. The van der Waals surface area contributed by atoms with Gasteiger partial charge in [0.1, 0.15) is 11.2 Å². The molecule has 4 rings (SSSR count). The Labute approximate surface area is 166 Å². The molecule has 2 aromatic heterocycles. The Kier molecular flexibility index (Phi) is 5.16. The quantitative estimate of drug-likeness (QED) is 0.376. The van der Waals surface area contributed by atoms with E-state index in [0.29, 0.717) is 11.6 Å². The third kappa shape index (κ3) is 3.94. The zero-order chi connectivity index (χ0) is 19.3. The molecular formula is C21H18N4O2S. The van der Waals surface area contributed by atoms with Gasteiger partial charge in [0.2, 0.25) is 0 Å². The number of aromatic hydroxyl groups is 1. The van der Waals surface area contributed by atoms with Gasteiger partial charge in [0.15, 0.2) is 17.3 Å². The molecule has 0 aliphatic rings. The molecule has 0 aliphatic carbocycles. The Morgan fingerprint density at radius 3 is 2.82 bits per heavy atom. The van der Waals surface area contributed by atoms with Crippen LogP contribution in [0.1, 0.15) is 16.0 Å². The van der Waals surface area contributed by atoms with Crippen LogP contribution in [0.15, 0.2) is 66.0 Å². The minimum absolute atomic E-state index is 0.0920. The summed E-state index contributed by atoms with van der Waals surface area (Å²) in [6.45, 7) is 0. The first-order valence-corrected chi connectivity index (χ1v) is 9.48. The maximum atomic E-state index is 9.66. The third-order valence-corrected chi connectivity index (χ3v) is 5.23. The highest BCUT2D eigenvalue weighted by atomic mass is 32.1. The predicted octanol–water partition coefficient (Wildman–Crippen LogP) is 4.44. The van der Waals surface area contributed by atoms with E-state index in [9.17, 15) is 5.11 Å². The highest BCUT2D eigenvalue weighted by Crippen LogP contribution is 2.30. The Bertz CT molecular complexity index is 1130. The monoisotopic (exact) mass is 390 g/mol. The zero-order valence-corrected chi connectivity index (χ0v) is 16.0. The van der Waals surface area contributed by atoms with Crippen molar-refractivity contribution < 1.29 is 9.84 Å². The molecule has 0 saturated heterocycles. The largest absolute Gasteiger partial charge is 0.504 e. The summed E-state index contributed by atoms with van der Waals surface area (Å²) in [6.07, 6.45) is 4.04. The average Bonchev–Trinajstić information content (AvgIpc) is 3.13. The summed E-state index contributed by atoms with van der Waals surface area (Å²) in [5.74, 6) is 1.15. The van der Waals surface area contributed by atoms with Crippen LogP contribution in [0.25, 0.3) is 10.2 Å². The van der Waals surface area contributed by atoms with Gasteiger partial charge in [-0.15, -0.1) is 11.3 Å². The smallest absolute Gasteiger partial charge is 0.161 e. The van der Waals surface area contributed by atoms with Crippen molar-refractivity contribution in [2.24, 2.45) is 5.10 Å². The average molecular weight is 390 g/mol. The molecule has 0 atom stereocenters. The van der Waals surface area contributed by atoms with Gasteiger partial charge in [-0.1, -0.05) is 30.3 Å². The van der Waals surface area contributed by atoms with Gasteiger partial charge >= 0.3 is 0 Å². The van der Waals surface area contributed by atoms with E-state index in [-0.39, 0.29) is 5.75 Å². The number of fused-ring (bicyclic) bond motifs is 1. The van der Waals surface area contributed by atoms with E-state index in [0.717, 1.165) is 22.2 Å².